The van der Waals surface area contributed by atoms with Gasteiger partial charge < -0.3 is 4.74 Å². The smallest absolute Gasteiger partial charge is 0.219 e. The van der Waals surface area contributed by atoms with E-state index in [0.717, 1.165) is 0 Å². The van der Waals surface area contributed by atoms with E-state index in [1.807, 2.05) is 6.92 Å². The van der Waals surface area contributed by atoms with Crippen molar-refractivity contribution in [2.45, 2.75) is 13.8 Å². The molecule has 13 heavy (non-hydrogen) atoms. The van der Waals surface area contributed by atoms with Crippen LogP contribution in [-0.4, -0.2) is 16.6 Å². The third kappa shape index (κ3) is 2.07. The summed E-state index contributed by atoms with van der Waals surface area (Å²) >= 11 is 0. The van der Waals surface area contributed by atoms with Crippen molar-refractivity contribution in [3.63, 3.8) is 0 Å². The zero-order valence-electron chi connectivity index (χ0n) is 7.43. The second kappa shape index (κ2) is 4.27. The molecular formula is C7H9N5O. The summed E-state index contributed by atoms with van der Waals surface area (Å²) in [6.07, 6.45) is 1.31. The van der Waals surface area contributed by atoms with Crippen molar-refractivity contribution in [1.82, 2.24) is 9.97 Å². The molecule has 0 fully saturated rings. The van der Waals surface area contributed by atoms with Crippen molar-refractivity contribution < 1.29 is 4.74 Å². The molecule has 0 aliphatic carbocycles. The lowest BCUT2D eigenvalue weighted by atomic mass is 10.3. The van der Waals surface area contributed by atoms with Gasteiger partial charge in [-0.25, -0.2) is 9.97 Å². The van der Waals surface area contributed by atoms with Gasteiger partial charge in [-0.15, -0.1) is 0 Å². The first-order chi connectivity index (χ1) is 6.29. The van der Waals surface area contributed by atoms with Gasteiger partial charge in [0.15, 0.2) is 0 Å². The fourth-order valence-corrected chi connectivity index (χ4v) is 0.851. The lowest BCUT2D eigenvalue weighted by Gasteiger charge is -2.05. The van der Waals surface area contributed by atoms with Crippen LogP contribution < -0.4 is 4.74 Å². The van der Waals surface area contributed by atoms with Crippen LogP contribution in [0.2, 0.25) is 0 Å². The Morgan fingerprint density at radius 2 is 2.38 bits per heavy atom. The molecule has 0 radical (unpaired) electrons. The average molecular weight is 179 g/mol. The highest BCUT2D eigenvalue weighted by Crippen LogP contribution is 2.22. The molecule has 1 rings (SSSR count). The minimum atomic E-state index is 0.306. The van der Waals surface area contributed by atoms with Gasteiger partial charge in [0.1, 0.15) is 12.1 Å². The van der Waals surface area contributed by atoms with Gasteiger partial charge in [0, 0.05) is 10.5 Å². The Morgan fingerprint density at radius 1 is 1.62 bits per heavy atom. The van der Waals surface area contributed by atoms with E-state index in [9.17, 15) is 0 Å². The van der Waals surface area contributed by atoms with E-state index in [0.29, 0.717) is 23.9 Å². The van der Waals surface area contributed by atoms with Crippen LogP contribution in [0.1, 0.15) is 12.5 Å². The van der Waals surface area contributed by atoms with Crippen LogP contribution in [0.3, 0.4) is 0 Å². The molecule has 1 heterocycles. The number of hydrogen-bond donors (Lipinski definition) is 0. The van der Waals surface area contributed by atoms with Gasteiger partial charge >= 0.3 is 0 Å². The molecule has 0 unspecified atom stereocenters. The molecule has 0 aliphatic rings. The van der Waals surface area contributed by atoms with Crippen LogP contribution >= 0.6 is 0 Å². The summed E-state index contributed by atoms with van der Waals surface area (Å²) in [5.74, 6) is 0.765. The Bertz CT molecular complexity index is 345. The predicted molar refractivity (Wildman–Crippen MR) is 46.7 cm³/mol. The number of nitrogens with zero attached hydrogens (tertiary/aromatic N) is 5. The molecule has 0 N–H and O–H groups in total. The highest BCUT2D eigenvalue weighted by Gasteiger charge is 2.04. The zero-order chi connectivity index (χ0) is 9.68. The molecule has 1 aromatic rings. The lowest BCUT2D eigenvalue weighted by molar-refractivity contribution is 0.324. The Hall–Kier alpha value is -1.81. The molecule has 0 saturated carbocycles. The second-order valence-corrected chi connectivity index (χ2v) is 2.25. The fourth-order valence-electron chi connectivity index (χ4n) is 0.851. The van der Waals surface area contributed by atoms with Crippen LogP contribution in [0.4, 0.5) is 5.82 Å². The van der Waals surface area contributed by atoms with Crippen molar-refractivity contribution in [3.8, 4) is 5.88 Å². The topological polar surface area (TPSA) is 83.8 Å². The molecular weight excluding hydrogens is 170 g/mol. The van der Waals surface area contributed by atoms with E-state index in [-0.39, 0.29) is 0 Å². The minimum Gasteiger partial charge on any atom is -0.478 e. The number of aromatic nitrogens is 2. The second-order valence-electron chi connectivity index (χ2n) is 2.25. The van der Waals surface area contributed by atoms with Crippen molar-refractivity contribution in [2.75, 3.05) is 6.61 Å². The van der Waals surface area contributed by atoms with Gasteiger partial charge in [-0.05, 0) is 24.5 Å². The molecule has 1 aromatic heterocycles. The normalized spacial score (nSPS) is 9.08. The van der Waals surface area contributed by atoms with Crippen molar-refractivity contribution in [2.24, 2.45) is 5.11 Å². The number of ether oxygens (including phenoxy) is 1. The monoisotopic (exact) mass is 179 g/mol. The molecule has 6 nitrogen and oxygen atoms in total. The summed E-state index contributed by atoms with van der Waals surface area (Å²) in [6, 6.07) is 0. The zero-order valence-corrected chi connectivity index (χ0v) is 7.43. The van der Waals surface area contributed by atoms with Gasteiger partial charge in [-0.1, -0.05) is 0 Å². The predicted octanol–water partition coefficient (Wildman–Crippen LogP) is 2.13. The molecule has 0 aromatic carbocycles. The fraction of sp³-hybridized carbons (Fsp3) is 0.429. The highest BCUT2D eigenvalue weighted by molar-refractivity contribution is 5.42. The maximum atomic E-state index is 8.22. The number of azide groups is 1. The Balaban J connectivity index is 3.10. The molecule has 0 atom stereocenters. The first kappa shape index (κ1) is 9.28. The van der Waals surface area contributed by atoms with E-state index in [4.69, 9.17) is 10.3 Å². The van der Waals surface area contributed by atoms with Crippen LogP contribution in [0.15, 0.2) is 11.4 Å². The maximum Gasteiger partial charge on any atom is 0.219 e. The van der Waals surface area contributed by atoms with Crippen molar-refractivity contribution >= 4 is 5.82 Å². The molecule has 6 heteroatoms. The average Bonchev–Trinajstić information content (AvgIpc) is 2.13. The first-order valence-electron chi connectivity index (χ1n) is 3.79. The van der Waals surface area contributed by atoms with Gasteiger partial charge in [0.05, 0.1) is 6.61 Å². The Kier molecular flexibility index (Phi) is 3.05. The third-order valence-electron chi connectivity index (χ3n) is 1.43. The van der Waals surface area contributed by atoms with Crippen LogP contribution in [-0.2, 0) is 0 Å². The molecule has 68 valence electrons. The van der Waals surface area contributed by atoms with E-state index in [2.05, 4.69) is 20.0 Å². The number of hydrogen-bond acceptors (Lipinski definition) is 4. The SMILES string of the molecule is CCOc1ncnc(N=[N+]=[N-])c1C. The summed E-state index contributed by atoms with van der Waals surface area (Å²) in [7, 11) is 0. The lowest BCUT2D eigenvalue weighted by Crippen LogP contribution is -1.97. The largest absolute Gasteiger partial charge is 0.478 e. The standard InChI is InChI=1S/C7H9N5O/c1-3-13-7-5(2)6(11-12-8)9-4-10-7/h4H,3H2,1-2H3. The molecule has 0 bridgehead atoms. The van der Waals surface area contributed by atoms with E-state index in [1.165, 1.54) is 6.33 Å². The van der Waals surface area contributed by atoms with E-state index < -0.39 is 0 Å². The van der Waals surface area contributed by atoms with Crippen LogP contribution in [0.5, 0.6) is 5.88 Å². The first-order valence-corrected chi connectivity index (χ1v) is 3.79. The summed E-state index contributed by atoms with van der Waals surface area (Å²) < 4.78 is 5.19. The summed E-state index contributed by atoms with van der Waals surface area (Å²) in [6.45, 7) is 4.12. The van der Waals surface area contributed by atoms with E-state index in [1.54, 1.807) is 6.92 Å². The molecule has 0 aliphatic heterocycles. The summed E-state index contributed by atoms with van der Waals surface area (Å²) in [4.78, 5) is 10.3. The minimum absolute atomic E-state index is 0.306. The Labute approximate surface area is 75.2 Å². The third-order valence-corrected chi connectivity index (χ3v) is 1.43. The Morgan fingerprint density at radius 3 is 3.00 bits per heavy atom. The quantitative estimate of drug-likeness (QED) is 0.404. The van der Waals surface area contributed by atoms with Gasteiger partial charge in [-0.2, -0.15) is 0 Å². The molecule has 0 saturated heterocycles. The van der Waals surface area contributed by atoms with Gasteiger partial charge in [-0.3, -0.25) is 0 Å². The maximum absolute atomic E-state index is 8.22. The van der Waals surface area contributed by atoms with E-state index >= 15 is 0 Å². The molecule has 0 amide bonds. The molecule has 0 spiro atoms. The number of rotatable bonds is 3. The summed E-state index contributed by atoms with van der Waals surface area (Å²) in [5, 5.41) is 3.40. The van der Waals surface area contributed by atoms with Gasteiger partial charge in [0.25, 0.3) is 0 Å². The van der Waals surface area contributed by atoms with Crippen molar-refractivity contribution in [1.29, 1.82) is 0 Å². The summed E-state index contributed by atoms with van der Waals surface area (Å²) in [5.41, 5.74) is 8.88. The van der Waals surface area contributed by atoms with Crippen LogP contribution in [0.25, 0.3) is 10.4 Å². The van der Waals surface area contributed by atoms with Crippen molar-refractivity contribution in [3.05, 3.63) is 22.3 Å². The van der Waals surface area contributed by atoms with Gasteiger partial charge in [0.2, 0.25) is 5.88 Å². The highest BCUT2D eigenvalue weighted by atomic mass is 16.5. The van der Waals surface area contributed by atoms with Crippen LogP contribution in [0, 0.1) is 6.92 Å².